The second kappa shape index (κ2) is 8.28. The average molecular weight is 429 g/mol. The molecular formula is C22H18Cl2N2O3. The van der Waals surface area contributed by atoms with Gasteiger partial charge in [0.1, 0.15) is 23.2 Å². The summed E-state index contributed by atoms with van der Waals surface area (Å²) in [6.07, 6.45) is 1.54. The van der Waals surface area contributed by atoms with Crippen LogP contribution >= 0.6 is 23.2 Å². The lowest BCUT2D eigenvalue weighted by Crippen LogP contribution is -2.44. The first-order chi connectivity index (χ1) is 13.7. The smallest absolute Gasteiger partial charge is 0.271 e. The van der Waals surface area contributed by atoms with Gasteiger partial charge >= 0.3 is 0 Å². The molecule has 29 heavy (non-hydrogen) atoms. The van der Waals surface area contributed by atoms with Crippen LogP contribution in [0, 0.1) is 17.2 Å². The van der Waals surface area contributed by atoms with Crippen molar-refractivity contribution < 1.29 is 14.0 Å². The number of carbonyl (C=O) groups is 2. The molecule has 0 spiro atoms. The van der Waals surface area contributed by atoms with Crippen molar-refractivity contribution in [2.45, 2.75) is 20.8 Å². The summed E-state index contributed by atoms with van der Waals surface area (Å²) in [5.74, 6) is -0.00903. The molecule has 0 radical (unpaired) electrons. The van der Waals surface area contributed by atoms with E-state index in [9.17, 15) is 14.9 Å². The second-order valence-electron chi connectivity index (χ2n) is 7.11. The summed E-state index contributed by atoms with van der Waals surface area (Å²) in [4.78, 5) is 26.6. The van der Waals surface area contributed by atoms with Gasteiger partial charge in [-0.3, -0.25) is 14.5 Å². The fourth-order valence-electron chi connectivity index (χ4n) is 3.07. The van der Waals surface area contributed by atoms with Crippen LogP contribution in [-0.2, 0) is 9.59 Å². The molecule has 1 aliphatic heterocycles. The van der Waals surface area contributed by atoms with Crippen molar-refractivity contribution in [1.29, 1.82) is 5.26 Å². The fraction of sp³-hybridized carbons (Fsp3) is 0.227. The minimum atomic E-state index is -0.561. The first-order valence-electron chi connectivity index (χ1n) is 8.97. The zero-order valence-corrected chi connectivity index (χ0v) is 17.6. The van der Waals surface area contributed by atoms with E-state index in [1.165, 1.54) is 0 Å². The van der Waals surface area contributed by atoms with Crippen molar-refractivity contribution in [2.24, 2.45) is 5.92 Å². The van der Waals surface area contributed by atoms with Crippen LogP contribution in [0.1, 0.15) is 26.5 Å². The Kier molecular flexibility index (Phi) is 5.97. The van der Waals surface area contributed by atoms with E-state index in [0.29, 0.717) is 32.7 Å². The van der Waals surface area contributed by atoms with Crippen molar-refractivity contribution in [3.63, 3.8) is 0 Å². The molecule has 1 aliphatic rings. The van der Waals surface area contributed by atoms with Gasteiger partial charge in [0, 0.05) is 22.7 Å². The SMILES string of the molecule is CC1=C(C#N)C(=O)N(CC(C)C)C(=O)/C1=C/c1ccc(-c2ccc(Cl)cc2Cl)o1. The molecule has 0 aliphatic carbocycles. The summed E-state index contributed by atoms with van der Waals surface area (Å²) < 4.78 is 5.84. The number of rotatable bonds is 4. The molecule has 0 atom stereocenters. The minimum absolute atomic E-state index is 0.0379. The number of imide groups is 1. The number of carbonyl (C=O) groups excluding carboxylic acids is 2. The lowest BCUT2D eigenvalue weighted by molar-refractivity contribution is -0.141. The van der Waals surface area contributed by atoms with Gasteiger partial charge in [0.2, 0.25) is 0 Å². The highest BCUT2D eigenvalue weighted by Gasteiger charge is 2.35. The summed E-state index contributed by atoms with van der Waals surface area (Å²) in [5.41, 5.74) is 1.22. The number of hydrogen-bond donors (Lipinski definition) is 0. The Bertz CT molecular complexity index is 1100. The molecule has 0 N–H and O–H groups in total. The maximum atomic E-state index is 12.9. The molecule has 2 aromatic rings. The maximum Gasteiger partial charge on any atom is 0.271 e. The molecule has 3 rings (SSSR count). The van der Waals surface area contributed by atoms with Crippen LogP contribution < -0.4 is 0 Å². The number of benzene rings is 1. The Morgan fingerprint density at radius 3 is 2.52 bits per heavy atom. The molecule has 1 aromatic heterocycles. The predicted molar refractivity (Wildman–Crippen MR) is 112 cm³/mol. The summed E-state index contributed by atoms with van der Waals surface area (Å²) in [6.45, 7) is 5.62. The highest BCUT2D eigenvalue weighted by Crippen LogP contribution is 2.33. The summed E-state index contributed by atoms with van der Waals surface area (Å²) in [6, 6.07) is 10.4. The molecule has 2 heterocycles. The van der Waals surface area contributed by atoms with Crippen LogP contribution in [0.4, 0.5) is 0 Å². The third-order valence-electron chi connectivity index (χ3n) is 4.48. The third kappa shape index (κ3) is 4.14. The Balaban J connectivity index is 2.03. The van der Waals surface area contributed by atoms with Gasteiger partial charge < -0.3 is 4.42 Å². The van der Waals surface area contributed by atoms with Crippen molar-refractivity contribution in [1.82, 2.24) is 4.90 Å². The number of nitrogens with zero attached hydrogens (tertiary/aromatic N) is 2. The van der Waals surface area contributed by atoms with E-state index in [0.717, 1.165) is 4.90 Å². The van der Waals surface area contributed by atoms with E-state index >= 15 is 0 Å². The lowest BCUT2D eigenvalue weighted by atomic mass is 9.94. The quantitative estimate of drug-likeness (QED) is 0.475. The van der Waals surface area contributed by atoms with Gasteiger partial charge in [-0.15, -0.1) is 0 Å². The van der Waals surface area contributed by atoms with E-state index in [4.69, 9.17) is 27.6 Å². The van der Waals surface area contributed by atoms with Crippen LogP contribution in [-0.4, -0.2) is 23.3 Å². The lowest BCUT2D eigenvalue weighted by Gasteiger charge is -2.28. The number of amides is 2. The molecule has 0 fully saturated rings. The van der Waals surface area contributed by atoms with Gasteiger partial charge in [0.05, 0.1) is 5.02 Å². The molecule has 7 heteroatoms. The van der Waals surface area contributed by atoms with Gasteiger partial charge in [0.25, 0.3) is 11.8 Å². The van der Waals surface area contributed by atoms with E-state index in [1.54, 1.807) is 43.3 Å². The van der Waals surface area contributed by atoms with Gasteiger partial charge in [-0.2, -0.15) is 5.26 Å². The molecular weight excluding hydrogens is 411 g/mol. The van der Waals surface area contributed by atoms with E-state index in [1.807, 2.05) is 19.9 Å². The van der Waals surface area contributed by atoms with Crippen molar-refractivity contribution in [3.05, 3.63) is 62.9 Å². The standard InChI is InChI=1S/C22H18Cl2N2O3/c1-12(2)11-26-21(27)17(13(3)18(10-25)22(26)28)9-15-5-7-20(29-15)16-6-4-14(23)8-19(16)24/h4-9,12H,11H2,1-3H3/b17-9+. The van der Waals surface area contributed by atoms with E-state index in [-0.39, 0.29) is 23.6 Å². The highest BCUT2D eigenvalue weighted by atomic mass is 35.5. The summed E-state index contributed by atoms with van der Waals surface area (Å²) in [7, 11) is 0. The topological polar surface area (TPSA) is 74.3 Å². The van der Waals surface area contributed by atoms with Gasteiger partial charge in [-0.1, -0.05) is 37.0 Å². The van der Waals surface area contributed by atoms with E-state index in [2.05, 4.69) is 0 Å². The van der Waals surface area contributed by atoms with Gasteiger partial charge in [0.15, 0.2) is 0 Å². The Labute approximate surface area is 178 Å². The second-order valence-corrected chi connectivity index (χ2v) is 7.95. The van der Waals surface area contributed by atoms with Gasteiger partial charge in [-0.05, 0) is 54.8 Å². The minimum Gasteiger partial charge on any atom is -0.457 e. The predicted octanol–water partition coefficient (Wildman–Crippen LogP) is 5.50. The number of nitriles is 1. The van der Waals surface area contributed by atoms with Crippen LogP contribution in [0.15, 0.2) is 51.5 Å². The van der Waals surface area contributed by atoms with Crippen LogP contribution in [0.2, 0.25) is 10.0 Å². The average Bonchev–Trinajstić information content (AvgIpc) is 3.11. The monoisotopic (exact) mass is 428 g/mol. The Morgan fingerprint density at radius 2 is 1.90 bits per heavy atom. The number of halogens is 2. The molecule has 0 saturated heterocycles. The van der Waals surface area contributed by atoms with Crippen molar-refractivity contribution in [2.75, 3.05) is 6.54 Å². The van der Waals surface area contributed by atoms with Crippen LogP contribution in [0.25, 0.3) is 17.4 Å². The Hall–Kier alpha value is -2.81. The Morgan fingerprint density at radius 1 is 1.17 bits per heavy atom. The molecule has 0 bridgehead atoms. The number of hydrogen-bond acceptors (Lipinski definition) is 4. The van der Waals surface area contributed by atoms with Crippen LogP contribution in [0.5, 0.6) is 0 Å². The largest absolute Gasteiger partial charge is 0.457 e. The zero-order chi connectivity index (χ0) is 21.3. The maximum absolute atomic E-state index is 12.9. The molecule has 2 amide bonds. The summed E-state index contributed by atoms with van der Waals surface area (Å²) >= 11 is 12.2. The fourth-order valence-corrected chi connectivity index (χ4v) is 3.57. The first kappa shape index (κ1) is 20.9. The molecule has 148 valence electrons. The van der Waals surface area contributed by atoms with Gasteiger partial charge in [-0.25, -0.2) is 0 Å². The van der Waals surface area contributed by atoms with E-state index < -0.39 is 11.8 Å². The normalized spacial score (nSPS) is 16.2. The first-order valence-corrected chi connectivity index (χ1v) is 9.73. The summed E-state index contributed by atoms with van der Waals surface area (Å²) in [5, 5.41) is 10.4. The van der Waals surface area contributed by atoms with Crippen molar-refractivity contribution >= 4 is 41.1 Å². The molecule has 0 saturated carbocycles. The highest BCUT2D eigenvalue weighted by molar-refractivity contribution is 6.36. The molecule has 5 nitrogen and oxygen atoms in total. The van der Waals surface area contributed by atoms with Crippen molar-refractivity contribution in [3.8, 4) is 17.4 Å². The third-order valence-corrected chi connectivity index (χ3v) is 5.03. The van der Waals surface area contributed by atoms with Crippen LogP contribution in [0.3, 0.4) is 0 Å². The molecule has 1 aromatic carbocycles. The number of furan rings is 1. The zero-order valence-electron chi connectivity index (χ0n) is 16.1. The molecule has 0 unspecified atom stereocenters.